The van der Waals surface area contributed by atoms with Crippen molar-refractivity contribution < 1.29 is 14.4 Å². The highest BCUT2D eigenvalue weighted by atomic mass is 16.2. The second-order valence-electron chi connectivity index (χ2n) is 21.0. The third-order valence-electron chi connectivity index (χ3n) is 14.3. The maximum atomic E-state index is 13.4. The maximum Gasteiger partial charge on any atom is 0.224 e. The zero-order chi connectivity index (χ0) is 47.9. The summed E-state index contributed by atoms with van der Waals surface area (Å²) in [6, 6.07) is 0. The van der Waals surface area contributed by atoms with Gasteiger partial charge in [-0.1, -0.05) is 310 Å². The lowest BCUT2D eigenvalue weighted by Crippen LogP contribution is -2.38. The zero-order valence-electron chi connectivity index (χ0n) is 45.3. The molecule has 0 aliphatic carbocycles. The van der Waals surface area contributed by atoms with Gasteiger partial charge in [0.25, 0.3) is 0 Å². The summed E-state index contributed by atoms with van der Waals surface area (Å²) in [5.74, 6) is -0.984. The predicted molar refractivity (Wildman–Crippen MR) is 290 cm³/mol. The van der Waals surface area contributed by atoms with Crippen LogP contribution in [0.4, 0.5) is 0 Å². The van der Waals surface area contributed by atoms with Crippen molar-refractivity contribution in [3.05, 3.63) is 0 Å². The first kappa shape index (κ1) is 64.4. The molecule has 6 nitrogen and oxygen atoms in total. The second-order valence-corrected chi connectivity index (χ2v) is 21.0. The molecule has 0 radical (unpaired) electrons. The Morgan fingerprint density at radius 1 is 0.242 bits per heavy atom. The molecular weight excluding hydrogens is 811 g/mol. The highest BCUT2D eigenvalue weighted by Gasteiger charge is 2.24. The highest BCUT2D eigenvalue weighted by molar-refractivity contribution is 5.90. The molecule has 0 unspecified atom stereocenters. The van der Waals surface area contributed by atoms with Crippen molar-refractivity contribution in [3.63, 3.8) is 0 Å². The van der Waals surface area contributed by atoms with Gasteiger partial charge in [-0.3, -0.25) is 14.4 Å². The van der Waals surface area contributed by atoms with Crippen LogP contribution in [0.15, 0.2) is 0 Å². The lowest BCUT2D eigenvalue weighted by Gasteiger charge is -2.17. The van der Waals surface area contributed by atoms with Gasteiger partial charge in [0.15, 0.2) is 0 Å². The molecule has 0 saturated heterocycles. The van der Waals surface area contributed by atoms with Crippen LogP contribution in [0.3, 0.4) is 0 Å². The third kappa shape index (κ3) is 51.8. The summed E-state index contributed by atoms with van der Waals surface area (Å²) in [5.41, 5.74) is 0. The van der Waals surface area contributed by atoms with Gasteiger partial charge in [-0.2, -0.15) is 0 Å². The van der Waals surface area contributed by atoms with Gasteiger partial charge in [0.2, 0.25) is 17.7 Å². The fourth-order valence-corrected chi connectivity index (χ4v) is 9.68. The SMILES string of the molecule is CCCCCCCCCCCCCCCCCCNC(=O)CC(CC(=O)NCCCCCCCCCCCCCCCCCC)C(=O)NCCCCCCCCCCCCCCCCCC. The van der Waals surface area contributed by atoms with E-state index in [9.17, 15) is 14.4 Å². The number of amides is 3. The van der Waals surface area contributed by atoms with Gasteiger partial charge in [0, 0.05) is 32.5 Å². The van der Waals surface area contributed by atoms with E-state index in [1.165, 1.54) is 270 Å². The molecule has 0 aromatic heterocycles. The molecule has 392 valence electrons. The van der Waals surface area contributed by atoms with Gasteiger partial charge >= 0.3 is 0 Å². The molecule has 0 fully saturated rings. The van der Waals surface area contributed by atoms with Crippen molar-refractivity contribution in [1.82, 2.24) is 16.0 Å². The molecule has 6 heteroatoms. The Hall–Kier alpha value is -1.59. The molecule has 0 aliphatic rings. The molecule has 66 heavy (non-hydrogen) atoms. The minimum absolute atomic E-state index is 0.0795. The Bertz CT molecular complexity index is 936. The largest absolute Gasteiger partial charge is 0.356 e. The number of nitrogens with one attached hydrogen (secondary N) is 3. The van der Waals surface area contributed by atoms with Crippen LogP contribution in [0, 0.1) is 5.92 Å². The Morgan fingerprint density at radius 2 is 0.409 bits per heavy atom. The Kier molecular flexibility index (Phi) is 54.7. The van der Waals surface area contributed by atoms with E-state index in [1.807, 2.05) is 0 Å². The number of carbonyl (C=O) groups excluding carboxylic acids is 3. The van der Waals surface area contributed by atoms with Gasteiger partial charge in [-0.15, -0.1) is 0 Å². The second kappa shape index (κ2) is 56.0. The first-order valence-corrected chi connectivity index (χ1v) is 30.4. The van der Waals surface area contributed by atoms with E-state index in [2.05, 4.69) is 36.7 Å². The molecule has 0 saturated carbocycles. The normalized spacial score (nSPS) is 11.5. The van der Waals surface area contributed by atoms with E-state index in [4.69, 9.17) is 0 Å². The Morgan fingerprint density at radius 3 is 0.606 bits per heavy atom. The number of hydrogen-bond acceptors (Lipinski definition) is 3. The lowest BCUT2D eigenvalue weighted by molar-refractivity contribution is -0.133. The van der Waals surface area contributed by atoms with E-state index < -0.39 is 5.92 Å². The van der Waals surface area contributed by atoms with Crippen LogP contribution in [-0.4, -0.2) is 37.4 Å². The molecule has 3 amide bonds. The smallest absolute Gasteiger partial charge is 0.224 e. The zero-order valence-corrected chi connectivity index (χ0v) is 45.3. The minimum atomic E-state index is -0.623. The van der Waals surface area contributed by atoms with Crippen molar-refractivity contribution in [2.75, 3.05) is 19.6 Å². The van der Waals surface area contributed by atoms with Gasteiger partial charge in [-0.05, 0) is 19.3 Å². The average molecular weight is 931 g/mol. The van der Waals surface area contributed by atoms with E-state index >= 15 is 0 Å². The molecule has 0 aliphatic heterocycles. The van der Waals surface area contributed by atoms with Crippen molar-refractivity contribution in [2.45, 2.75) is 342 Å². The quantitative estimate of drug-likeness (QED) is 0.0531. The maximum absolute atomic E-state index is 13.4. The lowest BCUT2D eigenvalue weighted by atomic mass is 9.98. The molecule has 0 bridgehead atoms. The Balaban J connectivity index is 4.31. The van der Waals surface area contributed by atoms with Crippen molar-refractivity contribution >= 4 is 17.7 Å². The minimum Gasteiger partial charge on any atom is -0.356 e. The van der Waals surface area contributed by atoms with E-state index in [0.29, 0.717) is 19.6 Å². The first-order valence-electron chi connectivity index (χ1n) is 30.4. The highest BCUT2D eigenvalue weighted by Crippen LogP contribution is 2.17. The van der Waals surface area contributed by atoms with Crippen molar-refractivity contribution in [1.29, 1.82) is 0 Å². The molecule has 0 aromatic carbocycles. The van der Waals surface area contributed by atoms with Gasteiger partial charge < -0.3 is 16.0 Å². The summed E-state index contributed by atoms with van der Waals surface area (Å²) in [4.78, 5) is 39.4. The van der Waals surface area contributed by atoms with Crippen LogP contribution in [0.2, 0.25) is 0 Å². The van der Waals surface area contributed by atoms with E-state index in [-0.39, 0.29) is 30.6 Å². The molecule has 0 rings (SSSR count). The number of unbranched alkanes of at least 4 members (excludes halogenated alkanes) is 45. The monoisotopic (exact) mass is 930 g/mol. The van der Waals surface area contributed by atoms with E-state index in [1.54, 1.807) is 0 Å². The summed E-state index contributed by atoms with van der Waals surface area (Å²) in [5, 5.41) is 9.23. The first-order chi connectivity index (χ1) is 32.5. The number of carbonyl (C=O) groups is 3. The summed E-state index contributed by atoms with van der Waals surface area (Å²) in [6.45, 7) is 8.78. The third-order valence-corrected chi connectivity index (χ3v) is 14.3. The molecule has 0 atom stereocenters. The fourth-order valence-electron chi connectivity index (χ4n) is 9.68. The average Bonchev–Trinajstić information content (AvgIpc) is 3.31. The van der Waals surface area contributed by atoms with Gasteiger partial charge in [0.05, 0.1) is 5.92 Å². The molecule has 0 heterocycles. The summed E-state index contributed by atoms with van der Waals surface area (Å²) >= 11 is 0. The van der Waals surface area contributed by atoms with Crippen LogP contribution in [0.5, 0.6) is 0 Å². The van der Waals surface area contributed by atoms with Crippen LogP contribution in [0.1, 0.15) is 342 Å². The summed E-state index contributed by atoms with van der Waals surface area (Å²) in [6.07, 6.45) is 63.9. The van der Waals surface area contributed by atoms with Crippen LogP contribution >= 0.6 is 0 Å². The van der Waals surface area contributed by atoms with Crippen molar-refractivity contribution in [3.8, 4) is 0 Å². The van der Waals surface area contributed by atoms with Gasteiger partial charge in [0.1, 0.15) is 0 Å². The standard InChI is InChI=1S/C60H119N3O3/c1-4-7-10-13-16-19-22-25-28-31-34-37-40-43-46-49-52-61-58(64)55-57(60(66)63-54-51-48-45-42-39-36-33-30-27-24-21-18-15-12-9-6-3)56-59(65)62-53-50-47-44-41-38-35-32-29-26-23-20-17-14-11-8-5-2/h57H,4-56H2,1-3H3,(H,61,64)(H,62,65)(H,63,66). The summed E-state index contributed by atoms with van der Waals surface area (Å²) in [7, 11) is 0. The number of rotatable bonds is 56. The Labute approximate surface area is 413 Å². The predicted octanol–water partition coefficient (Wildman–Crippen LogP) is 18.5. The molecule has 3 N–H and O–H groups in total. The molecule has 0 spiro atoms. The van der Waals surface area contributed by atoms with Crippen LogP contribution < -0.4 is 16.0 Å². The fraction of sp³-hybridized carbons (Fsp3) is 0.950. The number of hydrogen-bond donors (Lipinski definition) is 3. The van der Waals surface area contributed by atoms with Crippen LogP contribution in [-0.2, 0) is 14.4 Å². The van der Waals surface area contributed by atoms with E-state index in [0.717, 1.165) is 38.5 Å². The summed E-state index contributed by atoms with van der Waals surface area (Å²) < 4.78 is 0. The molecule has 0 aromatic rings. The van der Waals surface area contributed by atoms with Gasteiger partial charge in [-0.25, -0.2) is 0 Å². The van der Waals surface area contributed by atoms with Crippen molar-refractivity contribution in [2.24, 2.45) is 5.92 Å². The molecular formula is C60H119N3O3. The topological polar surface area (TPSA) is 87.3 Å². The van der Waals surface area contributed by atoms with Crippen LogP contribution in [0.25, 0.3) is 0 Å².